The molecule has 3 aromatic rings. The number of primary amides is 1. The molecule has 0 aliphatic rings. The number of hydrogen-bond donors (Lipinski definition) is 2. The van der Waals surface area contributed by atoms with E-state index in [1.54, 1.807) is 6.20 Å². The first-order valence-electron chi connectivity index (χ1n) is 8.89. The number of aryl methyl sites for hydroxylation is 1. The first-order valence-corrected chi connectivity index (χ1v) is 8.89. The highest BCUT2D eigenvalue weighted by molar-refractivity contribution is 5.89. The molecule has 28 heavy (non-hydrogen) atoms. The molecule has 2 amide bonds. The molecule has 0 unspecified atom stereocenters. The first kappa shape index (κ1) is 19.0. The summed E-state index contributed by atoms with van der Waals surface area (Å²) in [6.45, 7) is -0.0306. The van der Waals surface area contributed by atoms with Crippen molar-refractivity contribution < 1.29 is 9.59 Å². The minimum absolute atomic E-state index is 0.0306. The lowest BCUT2D eigenvalue weighted by Gasteiger charge is -2.01. The molecule has 0 radical (unpaired) electrons. The smallest absolute Gasteiger partial charge is 0.240 e. The van der Waals surface area contributed by atoms with Crippen LogP contribution in [0.3, 0.4) is 0 Å². The van der Waals surface area contributed by atoms with Crippen LogP contribution in [-0.4, -0.2) is 27.8 Å². The van der Waals surface area contributed by atoms with Crippen molar-refractivity contribution in [2.45, 2.75) is 19.4 Å². The fourth-order valence-electron chi connectivity index (χ4n) is 2.72. The molecule has 7 heteroatoms. The van der Waals surface area contributed by atoms with E-state index in [1.807, 2.05) is 60.7 Å². The van der Waals surface area contributed by atoms with Crippen LogP contribution < -0.4 is 11.2 Å². The van der Waals surface area contributed by atoms with Crippen LogP contribution in [0.15, 0.2) is 72.0 Å². The Morgan fingerprint density at radius 2 is 1.75 bits per heavy atom. The Hall–Kier alpha value is -3.74. The Morgan fingerprint density at radius 3 is 2.43 bits per heavy atom. The molecular weight excluding hydrogens is 354 g/mol. The predicted octanol–water partition coefficient (Wildman–Crippen LogP) is 2.12. The van der Waals surface area contributed by atoms with Crippen molar-refractivity contribution in [2.75, 3.05) is 0 Å². The maximum Gasteiger partial charge on any atom is 0.240 e. The van der Waals surface area contributed by atoms with Gasteiger partial charge in [-0.25, -0.2) is 5.43 Å². The van der Waals surface area contributed by atoms with E-state index in [2.05, 4.69) is 15.6 Å². The van der Waals surface area contributed by atoms with Crippen LogP contribution in [0.2, 0.25) is 0 Å². The number of nitrogens with zero attached hydrogens (tertiary/aromatic N) is 3. The molecule has 0 atom stereocenters. The predicted molar refractivity (Wildman–Crippen MR) is 107 cm³/mol. The van der Waals surface area contributed by atoms with Crippen molar-refractivity contribution in [2.24, 2.45) is 10.8 Å². The van der Waals surface area contributed by atoms with E-state index in [4.69, 9.17) is 5.73 Å². The molecule has 1 heterocycles. The number of carbonyl (C=O) groups excluding carboxylic acids is 2. The number of nitrogens with two attached hydrogens (primary N) is 1. The van der Waals surface area contributed by atoms with Gasteiger partial charge in [0.1, 0.15) is 12.2 Å². The maximum atomic E-state index is 12.0. The quantitative estimate of drug-likeness (QED) is 0.466. The molecular formula is C21H21N5O2. The Labute approximate surface area is 162 Å². The van der Waals surface area contributed by atoms with E-state index in [9.17, 15) is 9.59 Å². The molecule has 0 saturated carbocycles. The number of aromatic nitrogens is 2. The van der Waals surface area contributed by atoms with E-state index < -0.39 is 5.91 Å². The van der Waals surface area contributed by atoms with Gasteiger partial charge >= 0.3 is 0 Å². The van der Waals surface area contributed by atoms with Crippen LogP contribution in [0.4, 0.5) is 0 Å². The molecule has 0 aliphatic heterocycles. The summed E-state index contributed by atoms with van der Waals surface area (Å²) in [6.07, 6.45) is 4.18. The van der Waals surface area contributed by atoms with E-state index >= 15 is 0 Å². The summed E-state index contributed by atoms with van der Waals surface area (Å²) < 4.78 is 1.46. The largest absolute Gasteiger partial charge is 0.368 e. The van der Waals surface area contributed by atoms with Crippen molar-refractivity contribution in [1.82, 2.24) is 15.2 Å². The molecule has 0 aliphatic carbocycles. The third-order valence-electron chi connectivity index (χ3n) is 4.03. The minimum Gasteiger partial charge on any atom is -0.368 e. The molecule has 0 fully saturated rings. The van der Waals surface area contributed by atoms with Gasteiger partial charge in [-0.1, -0.05) is 60.7 Å². The van der Waals surface area contributed by atoms with Crippen molar-refractivity contribution in [3.63, 3.8) is 0 Å². The van der Waals surface area contributed by atoms with Gasteiger partial charge in [0, 0.05) is 23.7 Å². The van der Waals surface area contributed by atoms with Crippen molar-refractivity contribution in [1.29, 1.82) is 0 Å². The Bertz CT molecular complexity index is 965. The fourth-order valence-corrected chi connectivity index (χ4v) is 2.72. The van der Waals surface area contributed by atoms with Crippen molar-refractivity contribution in [3.8, 4) is 11.3 Å². The van der Waals surface area contributed by atoms with E-state index in [0.717, 1.165) is 11.1 Å². The Morgan fingerprint density at radius 1 is 1.07 bits per heavy atom. The van der Waals surface area contributed by atoms with Gasteiger partial charge in [0.2, 0.25) is 11.8 Å². The third kappa shape index (κ3) is 5.38. The summed E-state index contributed by atoms with van der Waals surface area (Å²) in [5.74, 6) is -0.661. The summed E-state index contributed by atoms with van der Waals surface area (Å²) in [6, 6.07) is 19.3. The number of hydrogen-bond acceptors (Lipinski definition) is 4. The number of benzene rings is 2. The highest BCUT2D eigenvalue weighted by Crippen LogP contribution is 2.20. The second-order valence-electron chi connectivity index (χ2n) is 6.24. The molecule has 142 valence electrons. The van der Waals surface area contributed by atoms with Gasteiger partial charge in [-0.15, -0.1) is 0 Å². The lowest BCUT2D eigenvalue weighted by atomic mass is 10.1. The average Bonchev–Trinajstić information content (AvgIpc) is 3.09. The van der Waals surface area contributed by atoms with Crippen LogP contribution in [-0.2, 0) is 22.6 Å². The normalized spacial score (nSPS) is 10.9. The zero-order valence-electron chi connectivity index (χ0n) is 15.3. The van der Waals surface area contributed by atoms with Gasteiger partial charge in [-0.05, 0) is 12.0 Å². The number of amides is 2. The summed E-state index contributed by atoms with van der Waals surface area (Å²) in [5.41, 5.74) is 11.1. The average molecular weight is 375 g/mol. The van der Waals surface area contributed by atoms with E-state index in [1.165, 1.54) is 10.9 Å². The van der Waals surface area contributed by atoms with Gasteiger partial charge < -0.3 is 5.73 Å². The summed E-state index contributed by atoms with van der Waals surface area (Å²) in [4.78, 5) is 23.2. The number of hydrazone groups is 1. The summed E-state index contributed by atoms with van der Waals surface area (Å²) in [5, 5.41) is 8.44. The van der Waals surface area contributed by atoms with Crippen LogP contribution in [0.1, 0.15) is 17.5 Å². The van der Waals surface area contributed by atoms with E-state index in [0.29, 0.717) is 24.1 Å². The molecule has 0 saturated heterocycles. The monoisotopic (exact) mass is 375 g/mol. The van der Waals surface area contributed by atoms with Crippen LogP contribution in [0.25, 0.3) is 11.3 Å². The number of rotatable bonds is 8. The minimum atomic E-state index is -0.486. The topological polar surface area (TPSA) is 102 Å². The molecule has 0 spiro atoms. The Kier molecular flexibility index (Phi) is 6.30. The Balaban J connectivity index is 1.67. The van der Waals surface area contributed by atoms with Gasteiger partial charge in [-0.2, -0.15) is 10.2 Å². The lowest BCUT2D eigenvalue weighted by Crippen LogP contribution is -2.19. The standard InChI is InChI=1S/C21H21N5O2/c22-19(27)15-26-14-18(21(25-26)17-9-5-2-6-10-17)13-23-24-20(28)12-11-16-7-3-1-4-8-16/h1-10,13-14H,11-12,15H2,(H2,22,27)(H,24,28)/b23-13+. The number of carbonyl (C=O) groups is 2. The zero-order chi connectivity index (χ0) is 19.8. The molecule has 3 rings (SSSR count). The first-order chi connectivity index (χ1) is 13.6. The third-order valence-corrected chi connectivity index (χ3v) is 4.03. The zero-order valence-corrected chi connectivity index (χ0v) is 15.3. The maximum absolute atomic E-state index is 12.0. The van der Waals surface area contributed by atoms with Gasteiger partial charge in [0.25, 0.3) is 0 Å². The van der Waals surface area contributed by atoms with Crippen molar-refractivity contribution >= 4 is 18.0 Å². The van der Waals surface area contributed by atoms with Crippen molar-refractivity contribution in [3.05, 3.63) is 78.0 Å². The van der Waals surface area contributed by atoms with Crippen LogP contribution >= 0.6 is 0 Å². The van der Waals surface area contributed by atoms with Gasteiger partial charge in [-0.3, -0.25) is 14.3 Å². The molecule has 0 bridgehead atoms. The van der Waals surface area contributed by atoms with Gasteiger partial charge in [0.15, 0.2) is 0 Å². The molecule has 7 nitrogen and oxygen atoms in total. The van der Waals surface area contributed by atoms with Crippen LogP contribution in [0.5, 0.6) is 0 Å². The molecule has 3 N–H and O–H groups in total. The summed E-state index contributed by atoms with van der Waals surface area (Å²) in [7, 11) is 0. The second-order valence-corrected chi connectivity index (χ2v) is 6.24. The lowest BCUT2D eigenvalue weighted by molar-refractivity contribution is -0.121. The fraction of sp³-hybridized carbons (Fsp3) is 0.143. The highest BCUT2D eigenvalue weighted by Gasteiger charge is 2.11. The molecule has 2 aromatic carbocycles. The van der Waals surface area contributed by atoms with E-state index in [-0.39, 0.29) is 12.5 Å². The summed E-state index contributed by atoms with van der Waals surface area (Å²) >= 11 is 0. The van der Waals surface area contributed by atoms with Gasteiger partial charge in [0.05, 0.1) is 6.21 Å². The SMILES string of the molecule is NC(=O)Cn1cc(/C=N/NC(=O)CCc2ccccc2)c(-c2ccccc2)n1. The molecule has 1 aromatic heterocycles. The number of nitrogens with one attached hydrogen (secondary N) is 1. The van der Waals surface area contributed by atoms with Crippen LogP contribution in [0, 0.1) is 0 Å². The highest BCUT2D eigenvalue weighted by atomic mass is 16.2. The second kappa shape index (κ2) is 9.27.